The van der Waals surface area contributed by atoms with Gasteiger partial charge in [-0.2, -0.15) is 5.10 Å². The Morgan fingerprint density at radius 2 is 1.96 bits per heavy atom. The summed E-state index contributed by atoms with van der Waals surface area (Å²) in [5.41, 5.74) is 2.16. The highest BCUT2D eigenvalue weighted by Crippen LogP contribution is 2.11. The van der Waals surface area contributed by atoms with E-state index in [1.54, 1.807) is 47.1 Å². The van der Waals surface area contributed by atoms with E-state index in [1.807, 2.05) is 20.2 Å². The summed E-state index contributed by atoms with van der Waals surface area (Å²) in [6.45, 7) is 2.91. The van der Waals surface area contributed by atoms with E-state index >= 15 is 0 Å². The summed E-state index contributed by atoms with van der Waals surface area (Å²) < 4.78 is 1.70. The molecule has 2 rings (SSSR count). The Bertz CT molecular complexity index is 678. The van der Waals surface area contributed by atoms with Crippen molar-refractivity contribution < 1.29 is 9.59 Å². The number of benzene rings is 1. The molecule has 0 unspecified atom stereocenters. The lowest BCUT2D eigenvalue weighted by molar-refractivity contribution is 0.0956. The van der Waals surface area contributed by atoms with Crippen molar-refractivity contribution in [2.45, 2.75) is 13.5 Å². The molecule has 0 saturated carbocycles. The molecule has 0 aliphatic heterocycles. The third-order valence-corrected chi connectivity index (χ3v) is 3.26. The number of nitrogens with zero attached hydrogens (tertiary/aromatic N) is 3. The standard InChI is InChI=1S/C16H21N5O2/c1-4-17-15(22)13-5-7-14(8-6-13)19-16(23)20(2)10-12-9-18-21(3)11-12/h5-9,11H,4,10H2,1-3H3,(H,17,22)(H,19,23). The first kappa shape index (κ1) is 16.5. The molecule has 0 aliphatic carbocycles. The second kappa shape index (κ2) is 7.44. The fourth-order valence-corrected chi connectivity index (χ4v) is 2.09. The fraction of sp³-hybridized carbons (Fsp3) is 0.312. The van der Waals surface area contributed by atoms with E-state index in [4.69, 9.17) is 0 Å². The molecule has 122 valence electrons. The maximum atomic E-state index is 12.2. The van der Waals surface area contributed by atoms with Gasteiger partial charge in [-0.1, -0.05) is 0 Å². The third-order valence-electron chi connectivity index (χ3n) is 3.26. The first-order valence-corrected chi connectivity index (χ1v) is 7.37. The number of carbonyl (C=O) groups excluding carboxylic acids is 2. The SMILES string of the molecule is CCNC(=O)c1ccc(NC(=O)N(C)Cc2cnn(C)c2)cc1. The lowest BCUT2D eigenvalue weighted by Gasteiger charge is -2.17. The highest BCUT2D eigenvalue weighted by Gasteiger charge is 2.11. The van der Waals surface area contributed by atoms with Crippen molar-refractivity contribution in [3.8, 4) is 0 Å². The number of hydrogen-bond acceptors (Lipinski definition) is 3. The van der Waals surface area contributed by atoms with Crippen molar-refractivity contribution >= 4 is 17.6 Å². The van der Waals surface area contributed by atoms with E-state index in [0.717, 1.165) is 5.56 Å². The zero-order chi connectivity index (χ0) is 16.8. The molecule has 1 heterocycles. The average Bonchev–Trinajstić information content (AvgIpc) is 2.93. The summed E-state index contributed by atoms with van der Waals surface area (Å²) in [6, 6.07) is 6.56. The predicted molar refractivity (Wildman–Crippen MR) is 88.1 cm³/mol. The van der Waals surface area contributed by atoms with Crippen molar-refractivity contribution in [1.29, 1.82) is 0 Å². The molecular weight excluding hydrogens is 294 g/mol. The normalized spacial score (nSPS) is 10.2. The first-order chi connectivity index (χ1) is 11.0. The fourth-order valence-electron chi connectivity index (χ4n) is 2.09. The zero-order valence-electron chi connectivity index (χ0n) is 13.5. The summed E-state index contributed by atoms with van der Waals surface area (Å²) in [5.74, 6) is -0.126. The van der Waals surface area contributed by atoms with Crippen molar-refractivity contribution in [1.82, 2.24) is 20.0 Å². The highest BCUT2D eigenvalue weighted by atomic mass is 16.2. The van der Waals surface area contributed by atoms with Crippen LogP contribution in [0.15, 0.2) is 36.7 Å². The van der Waals surface area contributed by atoms with E-state index in [-0.39, 0.29) is 11.9 Å². The smallest absolute Gasteiger partial charge is 0.321 e. The average molecular weight is 315 g/mol. The second-order valence-electron chi connectivity index (χ2n) is 5.25. The number of amides is 3. The number of urea groups is 1. The molecule has 0 aliphatic rings. The van der Waals surface area contributed by atoms with Gasteiger partial charge in [0.05, 0.1) is 12.7 Å². The molecule has 2 N–H and O–H groups in total. The van der Waals surface area contributed by atoms with Crippen LogP contribution in [0.25, 0.3) is 0 Å². The molecule has 1 aromatic heterocycles. The van der Waals surface area contributed by atoms with Gasteiger partial charge in [0, 0.05) is 43.7 Å². The molecule has 0 radical (unpaired) electrons. The van der Waals surface area contributed by atoms with Gasteiger partial charge in [-0.05, 0) is 31.2 Å². The van der Waals surface area contributed by atoms with Crippen LogP contribution in [0.2, 0.25) is 0 Å². The van der Waals surface area contributed by atoms with Gasteiger partial charge in [0.1, 0.15) is 0 Å². The molecule has 23 heavy (non-hydrogen) atoms. The summed E-state index contributed by atoms with van der Waals surface area (Å²) in [5, 5.41) is 9.60. The molecule has 3 amide bonds. The maximum Gasteiger partial charge on any atom is 0.321 e. The lowest BCUT2D eigenvalue weighted by atomic mass is 10.2. The van der Waals surface area contributed by atoms with E-state index in [1.165, 1.54) is 0 Å². The van der Waals surface area contributed by atoms with Crippen molar-refractivity contribution in [2.24, 2.45) is 7.05 Å². The van der Waals surface area contributed by atoms with Crippen LogP contribution in [0.4, 0.5) is 10.5 Å². The van der Waals surface area contributed by atoms with Crippen LogP contribution >= 0.6 is 0 Å². The first-order valence-electron chi connectivity index (χ1n) is 7.37. The summed E-state index contributed by atoms with van der Waals surface area (Å²) in [4.78, 5) is 25.4. The van der Waals surface area contributed by atoms with Crippen molar-refractivity contribution in [3.63, 3.8) is 0 Å². The summed E-state index contributed by atoms with van der Waals surface area (Å²) in [7, 11) is 3.55. The van der Waals surface area contributed by atoms with Crippen LogP contribution in [-0.2, 0) is 13.6 Å². The zero-order valence-corrected chi connectivity index (χ0v) is 13.5. The predicted octanol–water partition coefficient (Wildman–Crippen LogP) is 1.83. The van der Waals surface area contributed by atoms with Crippen LogP contribution in [0.1, 0.15) is 22.8 Å². The minimum atomic E-state index is -0.223. The summed E-state index contributed by atoms with van der Waals surface area (Å²) >= 11 is 0. The Kier molecular flexibility index (Phi) is 5.35. The Morgan fingerprint density at radius 3 is 2.52 bits per heavy atom. The Balaban J connectivity index is 1.92. The molecule has 7 heteroatoms. The quantitative estimate of drug-likeness (QED) is 0.883. The van der Waals surface area contributed by atoms with E-state index in [9.17, 15) is 9.59 Å². The monoisotopic (exact) mass is 315 g/mol. The van der Waals surface area contributed by atoms with Gasteiger partial charge in [-0.25, -0.2) is 4.79 Å². The molecule has 1 aromatic carbocycles. The van der Waals surface area contributed by atoms with Crippen LogP contribution in [0.5, 0.6) is 0 Å². The van der Waals surface area contributed by atoms with Gasteiger partial charge < -0.3 is 15.5 Å². The molecule has 0 bridgehead atoms. The number of nitrogens with one attached hydrogen (secondary N) is 2. The number of carbonyl (C=O) groups is 2. The van der Waals surface area contributed by atoms with Gasteiger partial charge in [-0.3, -0.25) is 9.48 Å². The third kappa shape index (κ3) is 4.57. The topological polar surface area (TPSA) is 79.3 Å². The Hall–Kier alpha value is -2.83. The molecular formula is C16H21N5O2. The molecule has 0 saturated heterocycles. The van der Waals surface area contributed by atoms with Gasteiger partial charge in [0.15, 0.2) is 0 Å². The van der Waals surface area contributed by atoms with Gasteiger partial charge in [0.25, 0.3) is 5.91 Å². The molecule has 0 fully saturated rings. The second-order valence-corrected chi connectivity index (χ2v) is 5.25. The van der Waals surface area contributed by atoms with Crippen LogP contribution < -0.4 is 10.6 Å². The molecule has 0 atom stereocenters. The minimum absolute atomic E-state index is 0.126. The lowest BCUT2D eigenvalue weighted by Crippen LogP contribution is -2.30. The van der Waals surface area contributed by atoms with E-state index in [0.29, 0.717) is 24.3 Å². The number of aromatic nitrogens is 2. The van der Waals surface area contributed by atoms with Crippen LogP contribution in [0, 0.1) is 0 Å². The Morgan fingerprint density at radius 1 is 1.26 bits per heavy atom. The summed E-state index contributed by atoms with van der Waals surface area (Å²) in [6.07, 6.45) is 3.59. The maximum absolute atomic E-state index is 12.2. The van der Waals surface area contributed by atoms with Crippen molar-refractivity contribution in [2.75, 3.05) is 18.9 Å². The minimum Gasteiger partial charge on any atom is -0.352 e. The number of hydrogen-bond donors (Lipinski definition) is 2. The van der Waals surface area contributed by atoms with Gasteiger partial charge in [-0.15, -0.1) is 0 Å². The molecule has 7 nitrogen and oxygen atoms in total. The number of rotatable bonds is 5. The van der Waals surface area contributed by atoms with Crippen LogP contribution in [0.3, 0.4) is 0 Å². The van der Waals surface area contributed by atoms with Gasteiger partial charge >= 0.3 is 6.03 Å². The number of anilines is 1. The van der Waals surface area contributed by atoms with Crippen molar-refractivity contribution in [3.05, 3.63) is 47.8 Å². The largest absolute Gasteiger partial charge is 0.352 e. The Labute approximate surface area is 135 Å². The number of aryl methyl sites for hydroxylation is 1. The van der Waals surface area contributed by atoms with Crippen LogP contribution in [-0.4, -0.2) is 40.2 Å². The molecule has 2 aromatic rings. The van der Waals surface area contributed by atoms with Gasteiger partial charge in [0.2, 0.25) is 0 Å². The molecule has 0 spiro atoms. The van der Waals surface area contributed by atoms with E-state index in [2.05, 4.69) is 15.7 Å². The highest BCUT2D eigenvalue weighted by molar-refractivity contribution is 5.95. The van der Waals surface area contributed by atoms with E-state index < -0.39 is 0 Å².